The van der Waals surface area contributed by atoms with Crippen LogP contribution in [0.3, 0.4) is 0 Å². The van der Waals surface area contributed by atoms with Crippen LogP contribution in [-0.4, -0.2) is 62.7 Å². The zero-order valence-electron chi connectivity index (χ0n) is 20.4. The van der Waals surface area contributed by atoms with Crippen molar-refractivity contribution in [1.29, 1.82) is 0 Å². The number of aliphatic hydroxyl groups excluding tert-OH is 1. The van der Waals surface area contributed by atoms with E-state index in [1.807, 2.05) is 48.3 Å². The quantitative estimate of drug-likeness (QED) is 0.415. The average Bonchev–Trinajstić information content (AvgIpc) is 3.09. The summed E-state index contributed by atoms with van der Waals surface area (Å²) in [5.41, 5.74) is 5.93. The van der Waals surface area contributed by atoms with Gasteiger partial charge in [-0.05, 0) is 28.9 Å². The minimum atomic E-state index is -2.70. The van der Waals surface area contributed by atoms with E-state index in [9.17, 15) is 15.0 Å². The van der Waals surface area contributed by atoms with Crippen LogP contribution in [0.2, 0.25) is 5.04 Å². The Morgan fingerprint density at radius 1 is 1.15 bits per heavy atom. The predicted octanol–water partition coefficient (Wildman–Crippen LogP) is -2.67. The summed E-state index contributed by atoms with van der Waals surface area (Å²) in [6, 6.07) is 19.1. The van der Waals surface area contributed by atoms with Gasteiger partial charge in [-0.25, -0.2) is 0 Å². The smallest absolute Gasteiger partial charge is 0.548 e. The van der Waals surface area contributed by atoms with Gasteiger partial charge in [-0.15, -0.1) is 0 Å². The topological polar surface area (TPSA) is 98.8 Å². The second-order valence-corrected chi connectivity index (χ2v) is 14.1. The molecule has 1 heterocycles. The van der Waals surface area contributed by atoms with Gasteiger partial charge >= 0.3 is 18.9 Å². The van der Waals surface area contributed by atoms with Crippen molar-refractivity contribution in [2.24, 2.45) is 11.7 Å². The van der Waals surface area contributed by atoms with Crippen LogP contribution in [0, 0.1) is 5.92 Å². The number of carboxylic acid groups (broad SMARTS) is 1. The number of hydrogen-bond donors (Lipinski definition) is 2. The molecule has 0 unspecified atom stereocenters. The van der Waals surface area contributed by atoms with Gasteiger partial charge in [0.05, 0.1) is 18.6 Å². The van der Waals surface area contributed by atoms with Crippen molar-refractivity contribution in [3.8, 4) is 0 Å². The number of rotatable bonds is 8. The molecule has 174 valence electrons. The van der Waals surface area contributed by atoms with Gasteiger partial charge in [0.15, 0.2) is 0 Å². The number of likely N-dealkylation sites (tertiary alicyclic amines) is 1. The summed E-state index contributed by atoms with van der Waals surface area (Å²) in [5.74, 6) is -1.53. The van der Waals surface area contributed by atoms with E-state index in [-0.39, 0.29) is 42.5 Å². The van der Waals surface area contributed by atoms with E-state index in [4.69, 9.17) is 10.2 Å². The Labute approximate surface area is 210 Å². The number of likely N-dealkylation sites (N-methyl/N-ethyl adjacent to an activating group) is 1. The summed E-state index contributed by atoms with van der Waals surface area (Å²) in [6.45, 7) is 6.98. The Morgan fingerprint density at radius 3 is 2.03 bits per heavy atom. The maximum absolute atomic E-state index is 11.4. The first-order valence-electron chi connectivity index (χ1n) is 11.2. The number of carboxylic acids is 1. The van der Waals surface area contributed by atoms with Gasteiger partial charge in [0.2, 0.25) is 0 Å². The van der Waals surface area contributed by atoms with Gasteiger partial charge in [-0.2, -0.15) is 0 Å². The number of carbonyl (C=O) groups is 1. The molecule has 2 aromatic rings. The molecule has 2 aromatic carbocycles. The third kappa shape index (κ3) is 5.46. The largest absolute Gasteiger partial charge is 1.00 e. The molecule has 1 saturated heterocycles. The van der Waals surface area contributed by atoms with Gasteiger partial charge in [-0.3, -0.25) is 4.90 Å². The molecule has 0 spiro atoms. The van der Waals surface area contributed by atoms with Crippen molar-refractivity contribution < 1.29 is 38.3 Å². The van der Waals surface area contributed by atoms with Crippen LogP contribution in [0.1, 0.15) is 27.2 Å². The Morgan fingerprint density at radius 2 is 1.64 bits per heavy atom. The van der Waals surface area contributed by atoms with Crippen LogP contribution in [0.15, 0.2) is 60.7 Å². The van der Waals surface area contributed by atoms with E-state index >= 15 is 0 Å². The second-order valence-electron chi connectivity index (χ2n) is 9.81. The first-order chi connectivity index (χ1) is 15.1. The molecule has 3 N–H and O–H groups in total. The SMILES string of the molecule is CN1[C@H](CO[Si](c2ccccc2)(c2ccccc2)C(C)(C)C)C[C@H](CO)[C@@H]1[C@H](N)C(=O)[O-].[Li+]. The average molecular weight is 463 g/mol. The first-order valence-corrected chi connectivity index (χ1v) is 13.1. The van der Waals surface area contributed by atoms with Crippen molar-refractivity contribution in [1.82, 2.24) is 4.90 Å². The third-order valence-corrected chi connectivity index (χ3v) is 11.9. The first kappa shape index (κ1) is 27.8. The monoisotopic (exact) mass is 462 g/mol. The molecule has 0 radical (unpaired) electrons. The maximum Gasteiger partial charge on any atom is 1.00 e. The number of nitrogens with zero attached hydrogens (tertiary/aromatic N) is 1. The predicted molar refractivity (Wildman–Crippen MR) is 127 cm³/mol. The molecule has 0 bridgehead atoms. The van der Waals surface area contributed by atoms with E-state index < -0.39 is 26.4 Å². The fourth-order valence-corrected chi connectivity index (χ4v) is 9.87. The molecule has 8 heteroatoms. The Balaban J connectivity index is 0.00000385. The van der Waals surface area contributed by atoms with Crippen LogP contribution >= 0.6 is 0 Å². The summed E-state index contributed by atoms with van der Waals surface area (Å²) in [4.78, 5) is 13.4. The molecule has 0 amide bonds. The molecule has 1 fully saturated rings. The number of aliphatic hydroxyl groups is 1. The second kappa shape index (κ2) is 11.3. The van der Waals surface area contributed by atoms with Crippen LogP contribution in [0.5, 0.6) is 0 Å². The van der Waals surface area contributed by atoms with E-state index in [1.165, 1.54) is 10.4 Å². The van der Waals surface area contributed by atoms with Gasteiger partial charge < -0.3 is 25.2 Å². The molecule has 4 atom stereocenters. The summed E-state index contributed by atoms with van der Waals surface area (Å²) in [7, 11) is -0.835. The number of benzene rings is 2. The van der Waals surface area contributed by atoms with Gasteiger partial charge in [-0.1, -0.05) is 81.4 Å². The standard InChI is InChI=1S/C25H36N2O4Si.Li/c1-25(2,3)32(20-11-7-5-8-12-20,21-13-9-6-10-14-21)31-17-19-15-18(16-28)23(27(19)4)22(26)24(29)30;/h5-14,18-19,22-23,28H,15-17,26H2,1-4H3,(H,29,30);/q;+1/p-1/t18-,19+,22+,23-;/m1./s1. The normalized spacial score (nSPS) is 22.5. The summed E-state index contributed by atoms with van der Waals surface area (Å²) in [5, 5.41) is 23.6. The van der Waals surface area contributed by atoms with Gasteiger partial charge in [0, 0.05) is 24.6 Å². The van der Waals surface area contributed by atoms with Crippen molar-refractivity contribution in [2.45, 2.75) is 50.4 Å². The van der Waals surface area contributed by atoms with E-state index in [0.29, 0.717) is 13.0 Å². The number of carbonyl (C=O) groups excluding carboxylic acids is 1. The molecule has 0 aliphatic carbocycles. The van der Waals surface area contributed by atoms with E-state index in [0.717, 1.165) is 0 Å². The minimum Gasteiger partial charge on any atom is -0.548 e. The summed E-state index contributed by atoms with van der Waals surface area (Å²) in [6.07, 6.45) is 0.622. The summed E-state index contributed by atoms with van der Waals surface area (Å²) >= 11 is 0. The molecule has 0 saturated carbocycles. The van der Waals surface area contributed by atoms with Crippen molar-refractivity contribution in [2.75, 3.05) is 20.3 Å². The molecule has 33 heavy (non-hydrogen) atoms. The molecular weight excluding hydrogens is 427 g/mol. The Kier molecular flexibility index (Phi) is 9.54. The zero-order chi connectivity index (χ0) is 23.5. The number of aliphatic carboxylic acids is 1. The molecule has 1 aliphatic rings. The van der Waals surface area contributed by atoms with Crippen molar-refractivity contribution in [3.63, 3.8) is 0 Å². The summed E-state index contributed by atoms with van der Waals surface area (Å²) < 4.78 is 7.01. The Bertz CT molecular complexity index is 855. The minimum absolute atomic E-state index is 0. The van der Waals surface area contributed by atoms with Crippen LogP contribution in [-0.2, 0) is 9.22 Å². The fourth-order valence-electron chi connectivity index (χ4n) is 5.27. The molecule has 1 aliphatic heterocycles. The zero-order valence-corrected chi connectivity index (χ0v) is 21.4. The van der Waals surface area contributed by atoms with Crippen LogP contribution < -0.4 is 40.1 Å². The van der Waals surface area contributed by atoms with Crippen LogP contribution in [0.25, 0.3) is 0 Å². The maximum atomic E-state index is 11.4. The Hall–Kier alpha value is -1.44. The molecule has 3 rings (SSSR count). The van der Waals surface area contributed by atoms with Crippen LogP contribution in [0.4, 0.5) is 0 Å². The van der Waals surface area contributed by atoms with Gasteiger partial charge in [0.25, 0.3) is 8.32 Å². The third-order valence-electron chi connectivity index (χ3n) is 6.89. The molecular formula is C25H35LiN2O4Si. The fraction of sp³-hybridized carbons (Fsp3) is 0.480. The van der Waals surface area contributed by atoms with E-state index in [1.54, 1.807) is 0 Å². The molecule has 6 nitrogen and oxygen atoms in total. The van der Waals surface area contributed by atoms with E-state index in [2.05, 4.69) is 45.0 Å². The van der Waals surface area contributed by atoms with Gasteiger partial charge in [0.1, 0.15) is 0 Å². The van der Waals surface area contributed by atoms with Crippen molar-refractivity contribution >= 4 is 24.7 Å². The number of hydrogen-bond acceptors (Lipinski definition) is 6. The molecule has 0 aromatic heterocycles. The van der Waals surface area contributed by atoms with Crippen molar-refractivity contribution in [3.05, 3.63) is 60.7 Å². The number of nitrogens with two attached hydrogens (primary N) is 1.